The fourth-order valence-electron chi connectivity index (χ4n) is 3.83. The first-order valence-corrected chi connectivity index (χ1v) is 7.24. The number of likely N-dealkylation sites (N-methyl/N-ethyl adjacent to an activating group) is 1. The van der Waals surface area contributed by atoms with E-state index in [0.29, 0.717) is 19.1 Å². The fourth-order valence-corrected chi connectivity index (χ4v) is 3.83. The third-order valence-electron chi connectivity index (χ3n) is 5.21. The first-order chi connectivity index (χ1) is 9.03. The molecule has 114 valence electrons. The van der Waals surface area contributed by atoms with Gasteiger partial charge >= 0.3 is 5.97 Å². The zero-order chi connectivity index (χ0) is 13.6. The monoisotopic (exact) mass is 302 g/mol. The minimum absolute atomic E-state index is 0. The molecule has 0 bridgehead atoms. The van der Waals surface area contributed by atoms with Gasteiger partial charge in [0.1, 0.15) is 0 Å². The number of carboxylic acid groups (broad SMARTS) is 1. The van der Waals surface area contributed by atoms with E-state index in [2.05, 4.69) is 4.90 Å². The zero-order valence-corrected chi connectivity index (χ0v) is 12.7. The molecule has 3 fully saturated rings. The van der Waals surface area contributed by atoms with Crippen molar-refractivity contribution >= 4 is 24.3 Å². The molecular formula is C14H23ClN2O3. The number of hydrogen-bond acceptors (Lipinski definition) is 3. The number of carbonyl (C=O) groups excluding carboxylic acids is 1. The summed E-state index contributed by atoms with van der Waals surface area (Å²) in [5.74, 6) is -0.285. The summed E-state index contributed by atoms with van der Waals surface area (Å²) in [7, 11) is 1.86. The number of halogens is 1. The van der Waals surface area contributed by atoms with Crippen molar-refractivity contribution in [2.45, 2.75) is 38.1 Å². The van der Waals surface area contributed by atoms with Crippen LogP contribution in [0.4, 0.5) is 0 Å². The van der Waals surface area contributed by atoms with Crippen molar-refractivity contribution in [1.29, 1.82) is 0 Å². The summed E-state index contributed by atoms with van der Waals surface area (Å²) in [6.07, 6.45) is 5.01. The highest BCUT2D eigenvalue weighted by Gasteiger charge is 2.55. The van der Waals surface area contributed by atoms with Crippen LogP contribution in [0.1, 0.15) is 32.1 Å². The lowest BCUT2D eigenvalue weighted by Gasteiger charge is -2.24. The highest BCUT2D eigenvalue weighted by Crippen LogP contribution is 2.48. The maximum atomic E-state index is 12.1. The van der Waals surface area contributed by atoms with Gasteiger partial charge in [-0.25, -0.2) is 0 Å². The summed E-state index contributed by atoms with van der Waals surface area (Å²) in [5, 5.41) is 9.51. The maximum Gasteiger partial charge on any atom is 0.311 e. The Labute approximate surface area is 125 Å². The Hall–Kier alpha value is -0.810. The zero-order valence-electron chi connectivity index (χ0n) is 11.9. The minimum Gasteiger partial charge on any atom is -0.481 e. The molecule has 0 aromatic carbocycles. The van der Waals surface area contributed by atoms with Crippen molar-refractivity contribution in [3.63, 3.8) is 0 Å². The molecule has 1 amide bonds. The van der Waals surface area contributed by atoms with Crippen LogP contribution in [0.2, 0.25) is 0 Å². The highest BCUT2D eigenvalue weighted by molar-refractivity contribution is 5.85. The lowest BCUT2D eigenvalue weighted by Crippen LogP contribution is -2.40. The van der Waals surface area contributed by atoms with Gasteiger partial charge in [0, 0.05) is 26.2 Å². The van der Waals surface area contributed by atoms with E-state index in [9.17, 15) is 14.7 Å². The molecule has 1 saturated heterocycles. The second-order valence-electron chi connectivity index (χ2n) is 6.46. The van der Waals surface area contributed by atoms with Crippen LogP contribution in [0.5, 0.6) is 0 Å². The van der Waals surface area contributed by atoms with Gasteiger partial charge in [0.05, 0.1) is 12.0 Å². The fraction of sp³-hybridized carbons (Fsp3) is 0.857. The molecule has 20 heavy (non-hydrogen) atoms. The molecule has 0 aromatic rings. The molecule has 2 aliphatic carbocycles. The number of aliphatic carboxylic acids is 1. The predicted molar refractivity (Wildman–Crippen MR) is 76.9 cm³/mol. The van der Waals surface area contributed by atoms with Crippen LogP contribution >= 0.6 is 12.4 Å². The smallest absolute Gasteiger partial charge is 0.311 e. The van der Waals surface area contributed by atoms with E-state index in [0.717, 1.165) is 38.6 Å². The van der Waals surface area contributed by atoms with Crippen molar-refractivity contribution < 1.29 is 14.7 Å². The molecule has 0 aromatic heterocycles. The number of carbonyl (C=O) groups is 2. The van der Waals surface area contributed by atoms with Gasteiger partial charge in [0.2, 0.25) is 5.91 Å². The molecule has 3 aliphatic rings. The number of hydrogen-bond donors (Lipinski definition) is 1. The third-order valence-corrected chi connectivity index (χ3v) is 5.21. The van der Waals surface area contributed by atoms with Crippen molar-refractivity contribution in [2.75, 3.05) is 26.7 Å². The van der Waals surface area contributed by atoms with Crippen molar-refractivity contribution in [1.82, 2.24) is 9.80 Å². The van der Waals surface area contributed by atoms with E-state index < -0.39 is 11.4 Å². The van der Waals surface area contributed by atoms with Crippen LogP contribution in [-0.4, -0.2) is 59.5 Å². The Balaban J connectivity index is 0.00000147. The average molecular weight is 303 g/mol. The number of rotatable bonds is 4. The molecule has 2 saturated carbocycles. The second-order valence-corrected chi connectivity index (χ2v) is 6.46. The summed E-state index contributed by atoms with van der Waals surface area (Å²) < 4.78 is 0. The van der Waals surface area contributed by atoms with Crippen molar-refractivity contribution in [3.8, 4) is 0 Å². The number of amides is 1. The summed E-state index contributed by atoms with van der Waals surface area (Å²) in [6, 6.07) is 0.433. The molecule has 0 unspecified atom stereocenters. The van der Waals surface area contributed by atoms with Crippen molar-refractivity contribution in [2.24, 2.45) is 11.3 Å². The molecule has 2 atom stereocenters. The topological polar surface area (TPSA) is 60.9 Å². The number of fused-ring (bicyclic) bond motifs is 1. The first kappa shape index (κ1) is 15.6. The molecule has 5 nitrogen and oxygen atoms in total. The van der Waals surface area contributed by atoms with E-state index >= 15 is 0 Å². The Morgan fingerprint density at radius 2 is 2.05 bits per heavy atom. The molecule has 6 heteroatoms. The molecule has 1 aliphatic heterocycles. The van der Waals surface area contributed by atoms with Gasteiger partial charge in [-0.2, -0.15) is 0 Å². The molecule has 3 rings (SSSR count). The van der Waals surface area contributed by atoms with Crippen LogP contribution < -0.4 is 0 Å². The molecular weight excluding hydrogens is 280 g/mol. The molecule has 1 heterocycles. The summed E-state index contributed by atoms with van der Waals surface area (Å²) in [6.45, 7) is 1.71. The molecule has 0 radical (unpaired) electrons. The van der Waals surface area contributed by atoms with Crippen LogP contribution in [0.15, 0.2) is 0 Å². The van der Waals surface area contributed by atoms with Gasteiger partial charge in [-0.3, -0.25) is 14.5 Å². The normalized spacial score (nSPS) is 32.5. The van der Waals surface area contributed by atoms with E-state index in [1.54, 1.807) is 0 Å². The summed E-state index contributed by atoms with van der Waals surface area (Å²) >= 11 is 0. The van der Waals surface area contributed by atoms with Crippen molar-refractivity contribution in [3.05, 3.63) is 0 Å². The quantitative estimate of drug-likeness (QED) is 0.848. The van der Waals surface area contributed by atoms with Gasteiger partial charge in [0.25, 0.3) is 0 Å². The SMILES string of the molecule is CN(C(=O)CN1C[C@@H]2CCC[C@@]2(C(=O)O)C1)C1CC1.Cl. The first-order valence-electron chi connectivity index (χ1n) is 7.24. The Bertz CT molecular complexity index is 413. The predicted octanol–water partition coefficient (Wildman–Crippen LogP) is 1.22. The molecule has 0 spiro atoms. The molecule has 1 N–H and O–H groups in total. The van der Waals surface area contributed by atoms with Gasteiger partial charge in [-0.15, -0.1) is 12.4 Å². The van der Waals surface area contributed by atoms with E-state index in [1.807, 2.05) is 11.9 Å². The van der Waals surface area contributed by atoms with E-state index in [4.69, 9.17) is 0 Å². The van der Waals surface area contributed by atoms with Crippen LogP contribution in [0.3, 0.4) is 0 Å². The van der Waals surface area contributed by atoms with Crippen LogP contribution in [-0.2, 0) is 9.59 Å². The number of likely N-dealkylation sites (tertiary alicyclic amines) is 1. The lowest BCUT2D eigenvalue weighted by molar-refractivity contribution is -0.149. The lowest BCUT2D eigenvalue weighted by atomic mass is 9.81. The van der Waals surface area contributed by atoms with E-state index in [-0.39, 0.29) is 24.2 Å². The Kier molecular flexibility index (Phi) is 4.30. The summed E-state index contributed by atoms with van der Waals surface area (Å²) in [5.41, 5.74) is -0.571. The second kappa shape index (κ2) is 5.53. The van der Waals surface area contributed by atoms with Gasteiger partial charge in [-0.05, 0) is 31.6 Å². The van der Waals surface area contributed by atoms with Crippen LogP contribution in [0, 0.1) is 11.3 Å². The van der Waals surface area contributed by atoms with E-state index in [1.165, 1.54) is 0 Å². The third kappa shape index (κ3) is 2.53. The van der Waals surface area contributed by atoms with Gasteiger partial charge in [0.15, 0.2) is 0 Å². The van der Waals surface area contributed by atoms with Gasteiger partial charge < -0.3 is 10.0 Å². The largest absolute Gasteiger partial charge is 0.481 e. The average Bonchev–Trinajstić information content (AvgIpc) is 3.02. The number of nitrogens with zero attached hydrogens (tertiary/aromatic N) is 2. The standard InChI is InChI=1S/C14H22N2O3.ClH/c1-15(11-4-5-11)12(17)8-16-7-10-3-2-6-14(10,9-16)13(18)19;/h10-11H,2-9H2,1H3,(H,18,19);1H/t10-,14+;/m0./s1. The number of carboxylic acids is 1. The highest BCUT2D eigenvalue weighted by atomic mass is 35.5. The van der Waals surface area contributed by atoms with Gasteiger partial charge in [-0.1, -0.05) is 6.42 Å². The summed E-state index contributed by atoms with van der Waals surface area (Å²) in [4.78, 5) is 27.6. The Morgan fingerprint density at radius 1 is 1.35 bits per heavy atom. The minimum atomic E-state index is -0.666. The Morgan fingerprint density at radius 3 is 2.60 bits per heavy atom. The van der Waals surface area contributed by atoms with Crippen LogP contribution in [0.25, 0.3) is 0 Å². The maximum absolute atomic E-state index is 12.1.